The lowest BCUT2D eigenvalue weighted by molar-refractivity contribution is 0.102. The maximum atomic E-state index is 12.6. The Morgan fingerprint density at radius 1 is 1.03 bits per heavy atom. The maximum absolute atomic E-state index is 12.6. The van der Waals surface area contributed by atoms with Crippen molar-refractivity contribution < 1.29 is 9.59 Å². The Kier molecular flexibility index (Phi) is 5.21. The Morgan fingerprint density at radius 2 is 1.90 bits per heavy atom. The van der Waals surface area contributed by atoms with Gasteiger partial charge >= 0.3 is 6.03 Å². The van der Waals surface area contributed by atoms with Gasteiger partial charge in [0.15, 0.2) is 0 Å². The number of carbonyl (C=O) groups excluding carboxylic acids is 2. The van der Waals surface area contributed by atoms with Crippen molar-refractivity contribution in [1.29, 1.82) is 0 Å². The van der Waals surface area contributed by atoms with Crippen LogP contribution in [0, 0.1) is 11.8 Å². The quantitative estimate of drug-likeness (QED) is 0.683. The molecule has 2 heterocycles. The number of anilines is 2. The van der Waals surface area contributed by atoms with E-state index in [9.17, 15) is 9.59 Å². The molecular weight excluding hydrogens is 364 g/mol. The predicted molar refractivity (Wildman–Crippen MR) is 112 cm³/mol. The van der Waals surface area contributed by atoms with Crippen molar-refractivity contribution in [2.24, 2.45) is 0 Å². The summed E-state index contributed by atoms with van der Waals surface area (Å²) in [5.74, 6) is 5.82. The Morgan fingerprint density at radius 3 is 2.62 bits per heavy atom. The summed E-state index contributed by atoms with van der Waals surface area (Å²) in [5, 5.41) is 5.64. The van der Waals surface area contributed by atoms with Crippen LogP contribution >= 0.6 is 0 Å². The van der Waals surface area contributed by atoms with Crippen LogP contribution in [-0.4, -0.2) is 30.0 Å². The van der Waals surface area contributed by atoms with Gasteiger partial charge in [-0.15, -0.1) is 0 Å². The lowest BCUT2D eigenvalue weighted by Gasteiger charge is -2.14. The molecule has 6 nitrogen and oxygen atoms in total. The van der Waals surface area contributed by atoms with Crippen LogP contribution in [0.2, 0.25) is 0 Å². The molecule has 1 aliphatic rings. The molecule has 0 saturated carbocycles. The molecule has 0 spiro atoms. The first-order chi connectivity index (χ1) is 14.2. The van der Waals surface area contributed by atoms with Gasteiger partial charge in [0.1, 0.15) is 5.69 Å². The van der Waals surface area contributed by atoms with Gasteiger partial charge in [0.05, 0.1) is 0 Å². The molecular formula is C23H18N4O2. The number of aromatic nitrogens is 1. The highest BCUT2D eigenvalue weighted by molar-refractivity contribution is 6.04. The van der Waals surface area contributed by atoms with E-state index in [-0.39, 0.29) is 11.9 Å². The molecule has 3 aromatic rings. The summed E-state index contributed by atoms with van der Waals surface area (Å²) >= 11 is 0. The molecule has 142 valence electrons. The number of urea groups is 1. The van der Waals surface area contributed by atoms with Gasteiger partial charge in [-0.05, 0) is 60.5 Å². The zero-order valence-electron chi connectivity index (χ0n) is 15.6. The smallest absolute Gasteiger partial charge is 0.321 e. The molecule has 3 amide bonds. The van der Waals surface area contributed by atoms with E-state index in [0.29, 0.717) is 30.0 Å². The van der Waals surface area contributed by atoms with Crippen molar-refractivity contribution in [2.75, 3.05) is 23.3 Å². The minimum atomic E-state index is -0.225. The third-order valence-corrected chi connectivity index (χ3v) is 4.42. The van der Waals surface area contributed by atoms with E-state index in [1.54, 1.807) is 35.4 Å². The van der Waals surface area contributed by atoms with Gasteiger partial charge < -0.3 is 10.6 Å². The van der Waals surface area contributed by atoms with Gasteiger partial charge in [-0.25, -0.2) is 9.78 Å². The highest BCUT2D eigenvalue weighted by Crippen LogP contribution is 2.18. The number of nitrogens with one attached hydrogen (secondary N) is 2. The number of hydrogen-bond donors (Lipinski definition) is 2. The fraction of sp³-hybridized carbons (Fsp3) is 0.0870. The van der Waals surface area contributed by atoms with Gasteiger partial charge in [0.25, 0.3) is 5.91 Å². The minimum absolute atomic E-state index is 0.120. The number of rotatable bonds is 3. The monoisotopic (exact) mass is 382 g/mol. The number of pyridine rings is 1. The fourth-order valence-electron chi connectivity index (χ4n) is 2.96. The van der Waals surface area contributed by atoms with Crippen LogP contribution in [0.4, 0.5) is 16.2 Å². The molecule has 1 saturated heterocycles. The van der Waals surface area contributed by atoms with Crippen molar-refractivity contribution in [1.82, 2.24) is 10.3 Å². The lowest BCUT2D eigenvalue weighted by Crippen LogP contribution is -2.27. The molecule has 2 aromatic carbocycles. The molecule has 2 N–H and O–H groups in total. The zero-order valence-corrected chi connectivity index (χ0v) is 15.6. The highest BCUT2D eigenvalue weighted by Gasteiger charge is 2.21. The van der Waals surface area contributed by atoms with Gasteiger partial charge in [-0.2, -0.15) is 0 Å². The average molecular weight is 382 g/mol. The molecule has 0 bridgehead atoms. The number of nitrogens with zero attached hydrogens (tertiary/aromatic N) is 2. The normalized spacial score (nSPS) is 12.7. The van der Waals surface area contributed by atoms with Crippen molar-refractivity contribution in [2.45, 2.75) is 0 Å². The molecule has 6 heteroatoms. The fourth-order valence-corrected chi connectivity index (χ4v) is 2.96. The first-order valence-electron chi connectivity index (χ1n) is 9.19. The second-order valence-corrected chi connectivity index (χ2v) is 6.43. The molecule has 0 unspecified atom stereocenters. The first-order valence-corrected chi connectivity index (χ1v) is 9.19. The van der Waals surface area contributed by atoms with E-state index >= 15 is 0 Å². The maximum Gasteiger partial charge on any atom is 0.321 e. The van der Waals surface area contributed by atoms with Crippen molar-refractivity contribution in [3.8, 4) is 11.8 Å². The van der Waals surface area contributed by atoms with Gasteiger partial charge in [-0.1, -0.05) is 18.1 Å². The summed E-state index contributed by atoms with van der Waals surface area (Å²) < 4.78 is 0. The predicted octanol–water partition coefficient (Wildman–Crippen LogP) is 3.26. The van der Waals surface area contributed by atoms with Crippen molar-refractivity contribution >= 4 is 23.3 Å². The third kappa shape index (κ3) is 4.42. The van der Waals surface area contributed by atoms with E-state index in [1.165, 1.54) is 0 Å². The van der Waals surface area contributed by atoms with Crippen LogP contribution in [0.1, 0.15) is 21.6 Å². The van der Waals surface area contributed by atoms with Crippen LogP contribution < -0.4 is 15.5 Å². The second kappa shape index (κ2) is 8.28. The first kappa shape index (κ1) is 18.3. The Balaban J connectivity index is 1.44. The van der Waals surface area contributed by atoms with Crippen LogP contribution in [0.5, 0.6) is 0 Å². The van der Waals surface area contributed by atoms with Gasteiger partial charge in [0.2, 0.25) is 0 Å². The summed E-state index contributed by atoms with van der Waals surface area (Å²) in [6, 6.07) is 19.8. The molecule has 1 aliphatic heterocycles. The van der Waals surface area contributed by atoms with E-state index in [4.69, 9.17) is 0 Å². The highest BCUT2D eigenvalue weighted by atomic mass is 16.2. The topological polar surface area (TPSA) is 74.3 Å². The van der Waals surface area contributed by atoms with Crippen LogP contribution in [0.3, 0.4) is 0 Å². The number of benzene rings is 2. The summed E-state index contributed by atoms with van der Waals surface area (Å²) in [7, 11) is 0. The number of amides is 3. The van der Waals surface area contributed by atoms with Gasteiger partial charge in [0, 0.05) is 41.8 Å². The van der Waals surface area contributed by atoms with Crippen LogP contribution in [-0.2, 0) is 0 Å². The second-order valence-electron chi connectivity index (χ2n) is 6.43. The standard InChI is InChI=1S/C23H18N4O2/c28-22(18-8-11-21(12-9-18)27-15-14-25-23(27)29)26-20-6-3-4-17(16-20)7-10-19-5-1-2-13-24-19/h1-6,8-9,11-13,16H,14-15H2,(H,25,29)(H,26,28). The Bertz CT molecular complexity index is 1100. The van der Waals surface area contributed by atoms with E-state index in [1.807, 2.05) is 42.5 Å². The zero-order chi connectivity index (χ0) is 20.1. The lowest BCUT2D eigenvalue weighted by atomic mass is 10.1. The van der Waals surface area contributed by atoms with E-state index in [0.717, 1.165) is 11.3 Å². The molecule has 1 fully saturated rings. The summed E-state index contributed by atoms with van der Waals surface area (Å²) in [4.78, 5) is 30.1. The summed E-state index contributed by atoms with van der Waals surface area (Å²) in [6.45, 7) is 1.25. The van der Waals surface area contributed by atoms with E-state index in [2.05, 4.69) is 27.5 Å². The Hall–Kier alpha value is -4.11. The number of hydrogen-bond acceptors (Lipinski definition) is 3. The SMILES string of the molecule is O=C(Nc1cccc(C#Cc2ccccn2)c1)c1ccc(N2CCNC2=O)cc1. The Labute approximate surface area is 168 Å². The summed E-state index contributed by atoms with van der Waals surface area (Å²) in [5.41, 5.74) is 3.41. The van der Waals surface area contributed by atoms with Crippen molar-refractivity contribution in [3.63, 3.8) is 0 Å². The molecule has 1 aromatic heterocycles. The molecule has 0 radical (unpaired) electrons. The summed E-state index contributed by atoms with van der Waals surface area (Å²) in [6.07, 6.45) is 1.70. The largest absolute Gasteiger partial charge is 0.336 e. The van der Waals surface area contributed by atoms with Crippen LogP contribution in [0.25, 0.3) is 0 Å². The molecule has 0 aliphatic carbocycles. The van der Waals surface area contributed by atoms with E-state index < -0.39 is 0 Å². The molecule has 4 rings (SSSR count). The van der Waals surface area contributed by atoms with Crippen molar-refractivity contribution in [3.05, 3.63) is 89.7 Å². The number of carbonyl (C=O) groups is 2. The minimum Gasteiger partial charge on any atom is -0.336 e. The third-order valence-electron chi connectivity index (χ3n) is 4.42. The van der Waals surface area contributed by atoms with Gasteiger partial charge in [-0.3, -0.25) is 9.69 Å². The van der Waals surface area contributed by atoms with Crippen LogP contribution in [0.15, 0.2) is 72.9 Å². The average Bonchev–Trinajstić information content (AvgIpc) is 3.19. The molecule has 29 heavy (non-hydrogen) atoms. The molecule has 0 atom stereocenters.